The number of amides is 1. The first-order valence-electron chi connectivity index (χ1n) is 14.4. The quantitative estimate of drug-likeness (QED) is 0.195. The average molecular weight is 630 g/mol. The maximum atomic E-state index is 15.3. The van der Waals surface area contributed by atoms with Crippen LogP contribution in [-0.2, 0) is 0 Å². The van der Waals surface area contributed by atoms with Gasteiger partial charge in [-0.2, -0.15) is 0 Å². The smallest absolute Gasteiger partial charge is 0.268 e. The number of hydrogen-bond acceptors (Lipinski definition) is 9. The van der Waals surface area contributed by atoms with E-state index in [0.29, 0.717) is 18.2 Å². The summed E-state index contributed by atoms with van der Waals surface area (Å²) in [5.74, 6) is -2.28. The summed E-state index contributed by atoms with van der Waals surface area (Å²) in [5, 5.41) is 2.57. The molecule has 13 heteroatoms. The minimum absolute atomic E-state index is 0.0154. The molecule has 6 rings (SSSR count). The largest absolute Gasteiger partial charge is 0.491 e. The number of nitrogens with zero attached hydrogens (tertiary/aromatic N) is 4. The van der Waals surface area contributed by atoms with Crippen LogP contribution in [0.1, 0.15) is 47.3 Å². The molecule has 1 N–H and O–H groups in total. The molecule has 0 spiro atoms. The van der Waals surface area contributed by atoms with E-state index in [1.807, 2.05) is 13.8 Å². The molecule has 0 unspecified atom stereocenters. The molecule has 1 aliphatic rings. The standard InChI is InChI=1S/C33H29F2N5O6/c1-5-45-28-12-17(2)25(16-37-28)40-24(18-6-7-18)10-9-20(33(40)42)31(41)38-19-8-11-26(21(34)13-19)46-30-22(35)15-36-23-14-27(43-3)32(44-4)39-29(23)30/h8-16,18H,5-7H2,1-4H3,(H,38,41). The molecular formula is C33H29F2N5O6. The number of anilines is 1. The van der Waals surface area contributed by atoms with Crippen molar-refractivity contribution in [2.75, 3.05) is 26.1 Å². The van der Waals surface area contributed by atoms with Gasteiger partial charge < -0.3 is 24.3 Å². The first-order chi connectivity index (χ1) is 22.2. The highest BCUT2D eigenvalue weighted by Crippen LogP contribution is 2.41. The molecule has 4 heterocycles. The second-order valence-corrected chi connectivity index (χ2v) is 10.5. The van der Waals surface area contributed by atoms with Crippen LogP contribution in [0.15, 0.2) is 59.7 Å². The van der Waals surface area contributed by atoms with E-state index in [4.69, 9.17) is 18.9 Å². The van der Waals surface area contributed by atoms with E-state index in [9.17, 15) is 14.0 Å². The molecule has 1 aromatic carbocycles. The lowest BCUT2D eigenvalue weighted by molar-refractivity contribution is 0.102. The Labute approximate surface area is 261 Å². The monoisotopic (exact) mass is 629 g/mol. The fourth-order valence-electron chi connectivity index (χ4n) is 5.05. The number of nitrogens with one attached hydrogen (secondary N) is 1. The van der Waals surface area contributed by atoms with Gasteiger partial charge in [0.05, 0.1) is 44.4 Å². The van der Waals surface area contributed by atoms with Crippen molar-refractivity contribution in [2.45, 2.75) is 32.6 Å². The number of halogens is 2. The third-order valence-electron chi connectivity index (χ3n) is 7.44. The number of rotatable bonds is 10. The van der Waals surface area contributed by atoms with Crippen LogP contribution in [0, 0.1) is 18.6 Å². The summed E-state index contributed by atoms with van der Waals surface area (Å²) >= 11 is 0. The van der Waals surface area contributed by atoms with E-state index in [1.165, 1.54) is 43.1 Å². The minimum Gasteiger partial charge on any atom is -0.491 e. The molecule has 0 radical (unpaired) electrons. The molecule has 0 bridgehead atoms. The van der Waals surface area contributed by atoms with Crippen molar-refractivity contribution in [1.29, 1.82) is 0 Å². The molecule has 0 aliphatic heterocycles. The van der Waals surface area contributed by atoms with E-state index in [1.54, 1.807) is 18.3 Å². The summed E-state index contributed by atoms with van der Waals surface area (Å²) in [6.45, 7) is 4.14. The lowest BCUT2D eigenvalue weighted by Gasteiger charge is -2.17. The molecule has 1 aliphatic carbocycles. The number of ether oxygens (including phenoxy) is 4. The van der Waals surface area contributed by atoms with Crippen LogP contribution in [0.25, 0.3) is 16.7 Å². The van der Waals surface area contributed by atoms with Crippen LogP contribution in [-0.4, -0.2) is 46.3 Å². The van der Waals surface area contributed by atoms with Gasteiger partial charge in [0.2, 0.25) is 5.88 Å². The third-order valence-corrected chi connectivity index (χ3v) is 7.44. The summed E-state index contributed by atoms with van der Waals surface area (Å²) in [4.78, 5) is 39.6. The van der Waals surface area contributed by atoms with Crippen molar-refractivity contribution in [3.63, 3.8) is 0 Å². The van der Waals surface area contributed by atoms with Crippen molar-refractivity contribution >= 4 is 22.6 Å². The molecule has 1 fully saturated rings. The van der Waals surface area contributed by atoms with Crippen LogP contribution >= 0.6 is 0 Å². The number of carbonyl (C=O) groups excluding carboxylic acids is 1. The Kier molecular flexibility index (Phi) is 8.22. The number of benzene rings is 1. The Morgan fingerprint density at radius 3 is 2.48 bits per heavy atom. The summed E-state index contributed by atoms with van der Waals surface area (Å²) in [7, 11) is 2.78. The predicted molar refractivity (Wildman–Crippen MR) is 165 cm³/mol. The SMILES string of the molecule is CCOc1cc(C)c(-n2c(C3CC3)ccc(C(=O)Nc3ccc(Oc4c(F)cnc5cc(OC)c(OC)nc45)c(F)c3)c2=O)cn1. The minimum atomic E-state index is -0.903. The third kappa shape index (κ3) is 5.78. The van der Waals surface area contributed by atoms with Gasteiger partial charge in [-0.05, 0) is 62.4 Å². The summed E-state index contributed by atoms with van der Waals surface area (Å²) < 4.78 is 53.1. The van der Waals surface area contributed by atoms with Gasteiger partial charge in [0.25, 0.3) is 17.3 Å². The van der Waals surface area contributed by atoms with Crippen molar-refractivity contribution in [1.82, 2.24) is 19.5 Å². The Hall–Kier alpha value is -5.59. The van der Waals surface area contributed by atoms with Gasteiger partial charge in [-0.3, -0.25) is 19.1 Å². The molecular weight excluding hydrogens is 600 g/mol. The Bertz CT molecular complexity index is 2050. The highest BCUT2D eigenvalue weighted by molar-refractivity contribution is 6.04. The number of methoxy groups -OCH3 is 2. The average Bonchev–Trinajstić information content (AvgIpc) is 3.89. The topological polar surface area (TPSA) is 127 Å². The van der Waals surface area contributed by atoms with E-state index in [2.05, 4.69) is 20.3 Å². The van der Waals surface area contributed by atoms with Crippen LogP contribution in [0.3, 0.4) is 0 Å². The Balaban J connectivity index is 1.28. The number of pyridine rings is 4. The fourth-order valence-corrected chi connectivity index (χ4v) is 5.05. The first kappa shape index (κ1) is 30.4. The lowest BCUT2D eigenvalue weighted by Crippen LogP contribution is -2.30. The zero-order chi connectivity index (χ0) is 32.5. The van der Waals surface area contributed by atoms with Gasteiger partial charge in [0, 0.05) is 29.6 Å². The second kappa shape index (κ2) is 12.4. The molecule has 11 nitrogen and oxygen atoms in total. The molecule has 1 amide bonds. The summed E-state index contributed by atoms with van der Waals surface area (Å²) in [6.07, 6.45) is 4.34. The van der Waals surface area contributed by atoms with Crippen LogP contribution in [0.4, 0.5) is 14.5 Å². The first-order valence-corrected chi connectivity index (χ1v) is 14.4. The normalized spacial score (nSPS) is 12.6. The Morgan fingerprint density at radius 2 is 1.80 bits per heavy atom. The fraction of sp³-hybridized carbons (Fsp3) is 0.242. The number of hydrogen-bond donors (Lipinski definition) is 1. The van der Waals surface area contributed by atoms with Crippen molar-refractivity contribution in [3.8, 4) is 34.7 Å². The van der Waals surface area contributed by atoms with Crippen molar-refractivity contribution in [2.24, 2.45) is 0 Å². The highest BCUT2D eigenvalue weighted by Gasteiger charge is 2.29. The summed E-state index contributed by atoms with van der Waals surface area (Å²) in [6, 6.07) is 10.1. The zero-order valence-corrected chi connectivity index (χ0v) is 25.4. The van der Waals surface area contributed by atoms with Gasteiger partial charge in [0.1, 0.15) is 11.1 Å². The number of carbonyl (C=O) groups is 1. The van der Waals surface area contributed by atoms with Crippen molar-refractivity contribution in [3.05, 3.63) is 93.7 Å². The molecule has 0 atom stereocenters. The molecule has 1 saturated carbocycles. The highest BCUT2D eigenvalue weighted by atomic mass is 19.1. The number of aryl methyl sites for hydroxylation is 1. The van der Waals surface area contributed by atoms with Gasteiger partial charge in [-0.15, -0.1) is 0 Å². The van der Waals surface area contributed by atoms with Gasteiger partial charge in [-0.1, -0.05) is 0 Å². The van der Waals surface area contributed by atoms with Gasteiger partial charge in [-0.25, -0.2) is 18.7 Å². The molecule has 5 aromatic rings. The van der Waals surface area contributed by atoms with E-state index in [0.717, 1.165) is 36.4 Å². The maximum absolute atomic E-state index is 15.3. The van der Waals surface area contributed by atoms with Crippen LogP contribution in [0.5, 0.6) is 29.0 Å². The van der Waals surface area contributed by atoms with Crippen LogP contribution < -0.4 is 29.8 Å². The molecule has 236 valence electrons. The zero-order valence-electron chi connectivity index (χ0n) is 25.4. The van der Waals surface area contributed by atoms with Gasteiger partial charge >= 0.3 is 0 Å². The van der Waals surface area contributed by atoms with Gasteiger partial charge in [0.15, 0.2) is 28.9 Å². The summed E-state index contributed by atoms with van der Waals surface area (Å²) in [5.41, 5.74) is 1.67. The molecule has 0 saturated heterocycles. The number of fused-ring (bicyclic) bond motifs is 1. The van der Waals surface area contributed by atoms with E-state index in [-0.39, 0.29) is 51.3 Å². The lowest BCUT2D eigenvalue weighted by atomic mass is 10.1. The predicted octanol–water partition coefficient (Wildman–Crippen LogP) is 6.10. The molecule has 46 heavy (non-hydrogen) atoms. The van der Waals surface area contributed by atoms with Crippen molar-refractivity contribution < 1.29 is 32.5 Å². The van der Waals surface area contributed by atoms with E-state index >= 15 is 4.39 Å². The van der Waals surface area contributed by atoms with Crippen LogP contribution in [0.2, 0.25) is 0 Å². The second-order valence-electron chi connectivity index (χ2n) is 10.5. The maximum Gasteiger partial charge on any atom is 0.268 e. The number of aromatic nitrogens is 4. The van der Waals surface area contributed by atoms with E-state index < -0.39 is 23.1 Å². The molecule has 4 aromatic heterocycles. The Morgan fingerprint density at radius 1 is 1.00 bits per heavy atom.